The molecule has 0 aliphatic carbocycles. The predicted molar refractivity (Wildman–Crippen MR) is 58.7 cm³/mol. The maximum Gasteiger partial charge on any atom is 0.240 e. The average molecular weight is 218 g/mol. The fraction of sp³-hybridized carbons (Fsp3) is 0.250. The van der Waals surface area contributed by atoms with E-state index in [-0.39, 0.29) is 11.7 Å². The topological polar surface area (TPSA) is 41.1 Å². The number of rotatable bonds is 0. The molecule has 0 saturated heterocycles. The second-order valence-electron chi connectivity index (χ2n) is 4.15. The van der Waals surface area contributed by atoms with Crippen LogP contribution in [0.5, 0.6) is 0 Å². The zero-order valence-corrected chi connectivity index (χ0v) is 8.59. The van der Waals surface area contributed by atoms with Crippen molar-refractivity contribution in [3.05, 3.63) is 41.7 Å². The summed E-state index contributed by atoms with van der Waals surface area (Å²) >= 11 is 0. The molecule has 2 aliphatic rings. The van der Waals surface area contributed by atoms with Gasteiger partial charge in [0.25, 0.3) is 0 Å². The standard InChI is InChI=1S/C12H11FN2O/c13-8-2-3-10-9(6-8)12(11(16)15-10)4-1-5-14-7-12/h1-4,6,14H,5,7H2,(H,15,16). The molecule has 82 valence electrons. The third-order valence-corrected chi connectivity index (χ3v) is 3.18. The van der Waals surface area contributed by atoms with E-state index in [1.165, 1.54) is 12.1 Å². The van der Waals surface area contributed by atoms with Gasteiger partial charge in [0.2, 0.25) is 5.91 Å². The molecule has 1 aromatic rings. The highest BCUT2D eigenvalue weighted by molar-refractivity contribution is 6.08. The van der Waals surface area contributed by atoms with Crippen molar-refractivity contribution >= 4 is 11.6 Å². The Hall–Kier alpha value is -1.68. The van der Waals surface area contributed by atoms with Crippen molar-refractivity contribution < 1.29 is 9.18 Å². The number of anilines is 1. The zero-order chi connectivity index (χ0) is 11.2. The Morgan fingerprint density at radius 1 is 1.38 bits per heavy atom. The van der Waals surface area contributed by atoms with Crippen LogP contribution in [0.15, 0.2) is 30.4 Å². The second kappa shape index (κ2) is 3.15. The zero-order valence-electron chi connectivity index (χ0n) is 8.59. The molecule has 2 N–H and O–H groups in total. The molecule has 0 aromatic heterocycles. The minimum Gasteiger partial charge on any atom is -0.325 e. The number of hydrogen-bond donors (Lipinski definition) is 2. The minimum atomic E-state index is -0.727. The summed E-state index contributed by atoms with van der Waals surface area (Å²) in [6, 6.07) is 4.41. The molecule has 1 spiro atoms. The average Bonchev–Trinajstić information content (AvgIpc) is 2.55. The van der Waals surface area contributed by atoms with Crippen LogP contribution in [0.2, 0.25) is 0 Å². The lowest BCUT2D eigenvalue weighted by molar-refractivity contribution is -0.119. The summed E-state index contributed by atoms with van der Waals surface area (Å²) in [5.41, 5.74) is 0.705. The number of hydrogen-bond acceptors (Lipinski definition) is 2. The van der Waals surface area contributed by atoms with Crippen LogP contribution in [0.25, 0.3) is 0 Å². The summed E-state index contributed by atoms with van der Waals surface area (Å²) in [6.07, 6.45) is 3.77. The normalized spacial score (nSPS) is 26.9. The smallest absolute Gasteiger partial charge is 0.240 e. The Morgan fingerprint density at radius 2 is 2.25 bits per heavy atom. The fourth-order valence-corrected chi connectivity index (χ4v) is 2.36. The monoisotopic (exact) mass is 218 g/mol. The van der Waals surface area contributed by atoms with Gasteiger partial charge in [0.05, 0.1) is 0 Å². The van der Waals surface area contributed by atoms with Crippen LogP contribution in [0, 0.1) is 5.82 Å². The van der Waals surface area contributed by atoms with Crippen LogP contribution in [0.3, 0.4) is 0 Å². The number of amides is 1. The molecule has 1 aromatic carbocycles. The highest BCUT2D eigenvalue weighted by Gasteiger charge is 2.45. The van der Waals surface area contributed by atoms with Gasteiger partial charge in [-0.2, -0.15) is 0 Å². The number of halogens is 1. The number of benzene rings is 1. The van der Waals surface area contributed by atoms with Crippen molar-refractivity contribution in [2.45, 2.75) is 5.41 Å². The first-order chi connectivity index (χ1) is 7.72. The van der Waals surface area contributed by atoms with Crippen molar-refractivity contribution in [1.29, 1.82) is 0 Å². The van der Waals surface area contributed by atoms with Gasteiger partial charge >= 0.3 is 0 Å². The molecule has 0 saturated carbocycles. The van der Waals surface area contributed by atoms with Gasteiger partial charge in [-0.25, -0.2) is 4.39 Å². The maximum absolute atomic E-state index is 13.2. The highest BCUT2D eigenvalue weighted by Crippen LogP contribution is 2.39. The first-order valence-electron chi connectivity index (χ1n) is 5.22. The maximum atomic E-state index is 13.2. The predicted octanol–water partition coefficient (Wildman–Crippen LogP) is 1.17. The lowest BCUT2D eigenvalue weighted by Crippen LogP contribution is -2.45. The summed E-state index contributed by atoms with van der Waals surface area (Å²) in [4.78, 5) is 12.0. The number of fused-ring (bicyclic) bond motifs is 2. The van der Waals surface area contributed by atoms with Crippen LogP contribution in [0.4, 0.5) is 10.1 Å². The van der Waals surface area contributed by atoms with Crippen molar-refractivity contribution in [1.82, 2.24) is 5.32 Å². The largest absolute Gasteiger partial charge is 0.325 e. The van der Waals surface area contributed by atoms with Crippen molar-refractivity contribution in [3.8, 4) is 0 Å². The van der Waals surface area contributed by atoms with E-state index in [2.05, 4.69) is 10.6 Å². The molecule has 1 atom stereocenters. The highest BCUT2D eigenvalue weighted by atomic mass is 19.1. The van der Waals surface area contributed by atoms with E-state index in [9.17, 15) is 9.18 Å². The van der Waals surface area contributed by atoms with Crippen molar-refractivity contribution in [3.63, 3.8) is 0 Å². The molecule has 0 radical (unpaired) electrons. The van der Waals surface area contributed by atoms with Crippen LogP contribution >= 0.6 is 0 Å². The lowest BCUT2D eigenvalue weighted by atomic mass is 9.80. The van der Waals surface area contributed by atoms with E-state index in [1.807, 2.05) is 12.2 Å². The van der Waals surface area contributed by atoms with Gasteiger partial charge in [0, 0.05) is 18.8 Å². The number of carbonyl (C=O) groups excluding carboxylic acids is 1. The Labute approximate surface area is 92.3 Å². The van der Waals surface area contributed by atoms with E-state index in [0.717, 1.165) is 12.1 Å². The summed E-state index contributed by atoms with van der Waals surface area (Å²) in [7, 11) is 0. The fourth-order valence-electron chi connectivity index (χ4n) is 2.36. The lowest BCUT2D eigenvalue weighted by Gasteiger charge is -2.27. The first kappa shape index (κ1) is 9.54. The van der Waals surface area contributed by atoms with E-state index in [0.29, 0.717) is 12.2 Å². The van der Waals surface area contributed by atoms with E-state index in [4.69, 9.17) is 0 Å². The summed E-state index contributed by atoms with van der Waals surface area (Å²) in [5, 5.41) is 5.93. The van der Waals surface area contributed by atoms with Gasteiger partial charge in [-0.3, -0.25) is 4.79 Å². The van der Waals surface area contributed by atoms with Crippen molar-refractivity contribution in [2.24, 2.45) is 0 Å². The van der Waals surface area contributed by atoms with E-state index < -0.39 is 5.41 Å². The number of nitrogens with one attached hydrogen (secondary N) is 2. The second-order valence-corrected chi connectivity index (χ2v) is 4.15. The first-order valence-corrected chi connectivity index (χ1v) is 5.22. The molecule has 2 heterocycles. The minimum absolute atomic E-state index is 0.0865. The van der Waals surface area contributed by atoms with Gasteiger partial charge in [0.1, 0.15) is 11.2 Å². The Balaban J connectivity index is 2.21. The van der Waals surface area contributed by atoms with Crippen molar-refractivity contribution in [2.75, 3.05) is 18.4 Å². The van der Waals surface area contributed by atoms with Crippen LogP contribution in [-0.2, 0) is 10.2 Å². The molecule has 3 rings (SSSR count). The molecular weight excluding hydrogens is 207 g/mol. The molecule has 0 fully saturated rings. The Kier molecular flexibility index (Phi) is 1.88. The molecule has 4 heteroatoms. The van der Waals surface area contributed by atoms with Crippen LogP contribution in [-0.4, -0.2) is 19.0 Å². The quantitative estimate of drug-likeness (QED) is 0.642. The molecule has 16 heavy (non-hydrogen) atoms. The molecular formula is C12H11FN2O. The van der Waals surface area contributed by atoms with Gasteiger partial charge in [-0.05, 0) is 23.8 Å². The van der Waals surface area contributed by atoms with Crippen LogP contribution < -0.4 is 10.6 Å². The van der Waals surface area contributed by atoms with Gasteiger partial charge in [0.15, 0.2) is 0 Å². The van der Waals surface area contributed by atoms with Gasteiger partial charge in [-0.1, -0.05) is 12.2 Å². The number of carbonyl (C=O) groups is 1. The van der Waals surface area contributed by atoms with E-state index >= 15 is 0 Å². The molecule has 1 amide bonds. The molecule has 0 bridgehead atoms. The summed E-state index contributed by atoms with van der Waals surface area (Å²) in [6.45, 7) is 1.27. The SMILES string of the molecule is O=C1Nc2ccc(F)cc2C12C=CCNC2. The third-order valence-electron chi connectivity index (χ3n) is 3.18. The molecule has 2 aliphatic heterocycles. The van der Waals surface area contributed by atoms with Gasteiger partial charge < -0.3 is 10.6 Å². The third kappa shape index (κ3) is 1.13. The molecule has 1 unspecified atom stereocenters. The molecule has 3 nitrogen and oxygen atoms in total. The van der Waals surface area contributed by atoms with Gasteiger partial charge in [-0.15, -0.1) is 0 Å². The summed E-state index contributed by atoms with van der Waals surface area (Å²) in [5.74, 6) is -0.398. The van der Waals surface area contributed by atoms with E-state index in [1.54, 1.807) is 6.07 Å². The Morgan fingerprint density at radius 3 is 3.00 bits per heavy atom. The Bertz CT molecular complexity index is 498. The summed E-state index contributed by atoms with van der Waals surface area (Å²) < 4.78 is 13.2. The van der Waals surface area contributed by atoms with Crippen LogP contribution in [0.1, 0.15) is 5.56 Å².